The molecule has 1 rings (SSSR count). The van der Waals surface area contributed by atoms with Crippen molar-refractivity contribution in [1.29, 1.82) is 0 Å². The molecular formula is C42H77N9O12. The lowest BCUT2D eigenvalue weighted by Gasteiger charge is -2.14. The van der Waals surface area contributed by atoms with E-state index in [1.807, 2.05) is 0 Å². The van der Waals surface area contributed by atoms with Gasteiger partial charge in [-0.05, 0) is 56.0 Å². The monoisotopic (exact) mass is 900 g/mol. The normalized spacial score (nSPS) is 12.1. The molecule has 21 nitrogen and oxygen atoms in total. The number of unbranched alkanes of at least 4 members (excludes halogenated alkanes) is 13. The Morgan fingerprint density at radius 3 is 1.62 bits per heavy atom. The number of aryl methyl sites for hydroxylation is 1. The third-order valence-electron chi connectivity index (χ3n) is 9.98. The number of aromatic amines is 1. The van der Waals surface area contributed by atoms with Crippen molar-refractivity contribution in [3.05, 3.63) is 5.82 Å². The van der Waals surface area contributed by atoms with Crippen molar-refractivity contribution in [3.8, 4) is 0 Å². The number of aliphatic hydroxyl groups is 1. The zero-order valence-electron chi connectivity index (χ0n) is 37.6. The van der Waals surface area contributed by atoms with E-state index in [0.717, 1.165) is 44.3 Å². The number of carbonyl (C=O) groups excluding carboxylic acids is 5. The SMILES string of the molecule is CN[C@@H](CCCCNC(=O)COCCOCCNC(=O)COCCOCCNC(=O)CC[C@H](NC(=O)CCCCCCCCCCCCCCCc1nnn[nH]1)C(=O)O)C(=O)CO. The molecule has 0 unspecified atom stereocenters. The van der Waals surface area contributed by atoms with Gasteiger partial charge < -0.3 is 55.7 Å². The van der Waals surface area contributed by atoms with E-state index in [1.54, 1.807) is 7.05 Å². The second-order valence-corrected chi connectivity index (χ2v) is 15.3. The maximum Gasteiger partial charge on any atom is 0.326 e. The number of hydrogen-bond donors (Lipinski definition) is 8. The van der Waals surface area contributed by atoms with Crippen LogP contribution in [-0.2, 0) is 54.1 Å². The zero-order valence-corrected chi connectivity index (χ0v) is 37.6. The molecule has 8 N–H and O–H groups in total. The minimum atomic E-state index is -1.18. The largest absolute Gasteiger partial charge is 0.480 e. The number of carboxylic acid groups (broad SMARTS) is 1. The number of carboxylic acids is 1. The molecule has 0 aromatic carbocycles. The van der Waals surface area contributed by atoms with E-state index >= 15 is 0 Å². The van der Waals surface area contributed by atoms with E-state index in [4.69, 9.17) is 24.1 Å². The molecule has 21 heteroatoms. The highest BCUT2D eigenvalue weighted by Crippen LogP contribution is 2.14. The molecule has 362 valence electrons. The third-order valence-corrected chi connectivity index (χ3v) is 9.98. The van der Waals surface area contributed by atoms with Crippen LogP contribution in [0.4, 0.5) is 0 Å². The second-order valence-electron chi connectivity index (χ2n) is 15.3. The molecule has 4 amide bonds. The lowest BCUT2D eigenvalue weighted by molar-refractivity contribution is -0.142. The van der Waals surface area contributed by atoms with Crippen molar-refractivity contribution in [2.45, 2.75) is 141 Å². The quantitative estimate of drug-likeness (QED) is 0.0428. The molecule has 0 radical (unpaired) electrons. The topological polar surface area (TPSA) is 294 Å². The number of amides is 4. The van der Waals surface area contributed by atoms with Gasteiger partial charge in [-0.2, -0.15) is 0 Å². The van der Waals surface area contributed by atoms with Crippen LogP contribution in [0.1, 0.15) is 128 Å². The summed E-state index contributed by atoms with van der Waals surface area (Å²) in [6.07, 6.45) is 17.9. The summed E-state index contributed by atoms with van der Waals surface area (Å²) >= 11 is 0. The summed E-state index contributed by atoms with van der Waals surface area (Å²) in [4.78, 5) is 71.5. The minimum Gasteiger partial charge on any atom is -0.480 e. The van der Waals surface area contributed by atoms with Crippen LogP contribution < -0.4 is 26.6 Å². The van der Waals surface area contributed by atoms with Gasteiger partial charge in [0.25, 0.3) is 0 Å². The van der Waals surface area contributed by atoms with Crippen LogP contribution in [0.25, 0.3) is 0 Å². The number of nitrogens with one attached hydrogen (secondary N) is 6. The standard InChI is InChI=1S/C42H77N9O12/c1-43-34(36(53)31-52)17-15-16-22-44-40(56)32-62-29-28-61-26-24-46-41(57)33-63-30-27-60-25-23-45-38(54)21-20-35(42(58)59)47-39(55)19-14-12-10-8-6-4-2-3-5-7-9-11-13-18-37-48-50-51-49-37/h34-35,43,52H,2-33H2,1H3,(H,44,56)(H,45,54)(H,46,57)(H,47,55)(H,58,59)(H,48,49,50,51)/t34-,35-/m0/s1. The maximum absolute atomic E-state index is 12.3. The molecule has 0 spiro atoms. The van der Waals surface area contributed by atoms with E-state index in [0.29, 0.717) is 25.8 Å². The minimum absolute atomic E-state index is 0.0214. The summed E-state index contributed by atoms with van der Waals surface area (Å²) in [5, 5.41) is 45.8. The Hall–Kier alpha value is -4.15. The Kier molecular flexibility index (Phi) is 36.7. The lowest BCUT2D eigenvalue weighted by atomic mass is 10.0. The number of H-pyrrole nitrogens is 1. The van der Waals surface area contributed by atoms with Crippen LogP contribution in [-0.4, -0.2) is 164 Å². The molecular weight excluding hydrogens is 823 g/mol. The summed E-state index contributed by atoms with van der Waals surface area (Å²) in [6, 6.07) is -1.52. The summed E-state index contributed by atoms with van der Waals surface area (Å²) in [7, 11) is 1.67. The number of carbonyl (C=O) groups is 6. The van der Waals surface area contributed by atoms with Crippen molar-refractivity contribution in [2.24, 2.45) is 0 Å². The predicted octanol–water partition coefficient (Wildman–Crippen LogP) is 1.29. The van der Waals surface area contributed by atoms with Gasteiger partial charge in [-0.25, -0.2) is 9.89 Å². The van der Waals surface area contributed by atoms with Crippen LogP contribution in [0.15, 0.2) is 0 Å². The average molecular weight is 900 g/mol. The number of rotatable bonds is 45. The molecule has 0 bridgehead atoms. The van der Waals surface area contributed by atoms with Crippen LogP contribution in [0, 0.1) is 0 Å². The first-order chi connectivity index (χ1) is 30.7. The fraction of sp³-hybridized carbons (Fsp3) is 0.833. The van der Waals surface area contributed by atoms with Crippen molar-refractivity contribution in [2.75, 3.05) is 86.1 Å². The Bertz CT molecular complexity index is 1340. The first-order valence-corrected chi connectivity index (χ1v) is 22.8. The Labute approximate surface area is 372 Å². The zero-order chi connectivity index (χ0) is 46.0. The molecule has 1 heterocycles. The summed E-state index contributed by atoms with van der Waals surface area (Å²) in [5.41, 5.74) is 0. The fourth-order valence-corrected chi connectivity index (χ4v) is 6.37. The molecule has 2 atom stereocenters. The fourth-order valence-electron chi connectivity index (χ4n) is 6.37. The Balaban J connectivity index is 1.89. The molecule has 0 saturated carbocycles. The van der Waals surface area contributed by atoms with Crippen LogP contribution >= 0.6 is 0 Å². The van der Waals surface area contributed by atoms with Gasteiger partial charge in [0.15, 0.2) is 5.78 Å². The summed E-state index contributed by atoms with van der Waals surface area (Å²) in [6.45, 7) is 1.46. The molecule has 63 heavy (non-hydrogen) atoms. The highest BCUT2D eigenvalue weighted by molar-refractivity contribution is 5.85. The smallest absolute Gasteiger partial charge is 0.326 e. The number of tetrazole rings is 1. The van der Waals surface area contributed by atoms with Gasteiger partial charge in [-0.15, -0.1) is 5.10 Å². The highest BCUT2D eigenvalue weighted by atomic mass is 16.5. The van der Waals surface area contributed by atoms with E-state index < -0.39 is 18.6 Å². The molecule has 1 aromatic heterocycles. The van der Waals surface area contributed by atoms with Crippen molar-refractivity contribution >= 4 is 35.4 Å². The molecule has 0 aliphatic rings. The molecule has 0 aliphatic carbocycles. The average Bonchev–Trinajstić information content (AvgIpc) is 3.80. The molecule has 0 aliphatic heterocycles. The van der Waals surface area contributed by atoms with Gasteiger partial charge in [0.2, 0.25) is 23.6 Å². The molecule has 0 fully saturated rings. The highest BCUT2D eigenvalue weighted by Gasteiger charge is 2.21. The van der Waals surface area contributed by atoms with Crippen molar-refractivity contribution in [3.63, 3.8) is 0 Å². The maximum atomic E-state index is 12.3. The number of aromatic nitrogens is 4. The first kappa shape index (κ1) is 56.9. The number of ketones is 1. The van der Waals surface area contributed by atoms with E-state index in [9.17, 15) is 33.9 Å². The number of aliphatic hydroxyl groups excluding tert-OH is 1. The summed E-state index contributed by atoms with van der Waals surface area (Å²) < 4.78 is 21.3. The van der Waals surface area contributed by atoms with Gasteiger partial charge in [-0.1, -0.05) is 70.6 Å². The lowest BCUT2D eigenvalue weighted by Crippen LogP contribution is -2.41. The predicted molar refractivity (Wildman–Crippen MR) is 232 cm³/mol. The number of aliphatic carboxylic acids is 1. The number of hydrogen-bond acceptors (Lipinski definition) is 15. The van der Waals surface area contributed by atoms with Crippen LogP contribution in [0.3, 0.4) is 0 Å². The number of Topliss-reactive ketones (excluding diaryl/α,β-unsaturated/α-hetero) is 1. The van der Waals surface area contributed by atoms with Crippen molar-refractivity contribution < 1.29 is 57.9 Å². The summed E-state index contributed by atoms with van der Waals surface area (Å²) in [5.74, 6) is -1.82. The van der Waals surface area contributed by atoms with Crippen LogP contribution in [0.2, 0.25) is 0 Å². The third kappa shape index (κ3) is 35.0. The van der Waals surface area contributed by atoms with Gasteiger partial charge in [0.05, 0.1) is 45.7 Å². The van der Waals surface area contributed by atoms with Crippen molar-refractivity contribution in [1.82, 2.24) is 47.2 Å². The first-order valence-electron chi connectivity index (χ1n) is 22.8. The molecule has 1 aromatic rings. The van der Waals surface area contributed by atoms with E-state index in [1.165, 1.54) is 51.4 Å². The van der Waals surface area contributed by atoms with Gasteiger partial charge in [0, 0.05) is 38.9 Å². The van der Waals surface area contributed by atoms with E-state index in [2.05, 4.69) is 47.2 Å². The molecule has 0 saturated heterocycles. The Morgan fingerprint density at radius 2 is 1.10 bits per heavy atom. The van der Waals surface area contributed by atoms with Crippen LogP contribution in [0.5, 0.6) is 0 Å². The van der Waals surface area contributed by atoms with E-state index in [-0.39, 0.29) is 121 Å². The van der Waals surface area contributed by atoms with Gasteiger partial charge in [-0.3, -0.25) is 24.0 Å². The van der Waals surface area contributed by atoms with Gasteiger partial charge >= 0.3 is 5.97 Å². The Morgan fingerprint density at radius 1 is 0.571 bits per heavy atom. The number of ether oxygens (including phenoxy) is 4. The second kappa shape index (κ2) is 40.6. The number of nitrogens with zero attached hydrogens (tertiary/aromatic N) is 3. The number of likely N-dealkylation sites (N-methyl/N-ethyl adjacent to an activating group) is 1. The van der Waals surface area contributed by atoms with Gasteiger partial charge in [0.1, 0.15) is 31.7 Å².